The average Bonchev–Trinajstić information content (AvgIpc) is 2.37. The summed E-state index contributed by atoms with van der Waals surface area (Å²) in [6.07, 6.45) is 1.73. The maximum Gasteiger partial charge on any atom is 0.247 e. The lowest BCUT2D eigenvalue weighted by Gasteiger charge is -2.34. The van der Waals surface area contributed by atoms with Crippen molar-refractivity contribution in [3.8, 4) is 5.75 Å². The number of nitrogen functional groups attached to an aromatic ring is 1. The fourth-order valence-electron chi connectivity index (χ4n) is 2.19. The number of methoxy groups -OCH3 is 1. The minimum absolute atomic E-state index is 0.121. The van der Waals surface area contributed by atoms with Crippen LogP contribution < -0.4 is 10.5 Å². The van der Waals surface area contributed by atoms with Crippen LogP contribution in [0.4, 0.5) is 5.69 Å². The Balaban J connectivity index is 3.39. The first-order valence-corrected chi connectivity index (χ1v) is 8.55. The van der Waals surface area contributed by atoms with Crippen LogP contribution in [0.5, 0.6) is 5.75 Å². The van der Waals surface area contributed by atoms with E-state index in [1.54, 1.807) is 12.1 Å². The molecule has 0 saturated heterocycles. The van der Waals surface area contributed by atoms with E-state index in [1.165, 1.54) is 17.5 Å². The second kappa shape index (κ2) is 6.66. The highest BCUT2D eigenvalue weighted by Gasteiger charge is 2.35. The minimum atomic E-state index is -3.67. The minimum Gasteiger partial charge on any atom is -0.493 e. The van der Waals surface area contributed by atoms with E-state index < -0.39 is 15.6 Å². The third kappa shape index (κ3) is 3.89. The Morgan fingerprint density at radius 2 is 1.90 bits per heavy atom. The fourth-order valence-corrected chi connectivity index (χ4v) is 4.20. The van der Waals surface area contributed by atoms with Crippen LogP contribution in [0.15, 0.2) is 23.1 Å². The molecule has 2 N–H and O–H groups in total. The topological polar surface area (TPSA) is 72.6 Å². The lowest BCUT2D eigenvalue weighted by molar-refractivity contribution is 0.245. The van der Waals surface area contributed by atoms with E-state index in [4.69, 9.17) is 10.5 Å². The molecule has 0 fully saturated rings. The van der Waals surface area contributed by atoms with E-state index >= 15 is 0 Å². The van der Waals surface area contributed by atoms with E-state index in [2.05, 4.69) is 0 Å². The predicted molar refractivity (Wildman–Crippen MR) is 86.0 cm³/mol. The van der Waals surface area contributed by atoms with Crippen molar-refractivity contribution in [1.82, 2.24) is 4.31 Å². The molecule has 0 saturated carbocycles. The highest BCUT2D eigenvalue weighted by Crippen LogP contribution is 2.34. The van der Waals surface area contributed by atoms with Crippen molar-refractivity contribution in [1.29, 1.82) is 0 Å². The Labute approximate surface area is 128 Å². The summed E-state index contributed by atoms with van der Waals surface area (Å²) in [6.45, 7) is 8.17. The molecular weight excluding hydrogens is 288 g/mol. The number of ether oxygens (including phenoxy) is 1. The molecule has 0 bridgehead atoms. The molecule has 0 aliphatic heterocycles. The third-order valence-corrected chi connectivity index (χ3v) is 5.43. The van der Waals surface area contributed by atoms with Gasteiger partial charge in [-0.1, -0.05) is 19.4 Å². The fraction of sp³-hybridized carbons (Fsp3) is 0.600. The second-order valence-electron chi connectivity index (χ2n) is 5.98. The number of hydrogen-bond donors (Lipinski definition) is 1. The van der Waals surface area contributed by atoms with E-state index in [9.17, 15) is 8.42 Å². The van der Waals surface area contributed by atoms with Crippen molar-refractivity contribution >= 4 is 15.7 Å². The zero-order valence-electron chi connectivity index (χ0n) is 13.5. The van der Waals surface area contributed by atoms with Crippen LogP contribution in [0.3, 0.4) is 0 Å². The van der Waals surface area contributed by atoms with Gasteiger partial charge in [-0.25, -0.2) is 8.42 Å². The molecule has 0 amide bonds. The van der Waals surface area contributed by atoms with Gasteiger partial charge in [-0.05, 0) is 39.3 Å². The molecule has 1 aromatic carbocycles. The molecule has 0 spiro atoms. The monoisotopic (exact) mass is 314 g/mol. The number of anilines is 1. The Bertz CT molecular complexity index is 577. The molecule has 5 nitrogen and oxygen atoms in total. The summed E-state index contributed by atoms with van der Waals surface area (Å²) in [5.41, 5.74) is 5.64. The van der Waals surface area contributed by atoms with E-state index in [-0.39, 0.29) is 10.6 Å². The van der Waals surface area contributed by atoms with E-state index in [0.29, 0.717) is 12.2 Å². The van der Waals surface area contributed by atoms with Crippen LogP contribution in [-0.2, 0) is 10.0 Å². The number of nitrogens with two attached hydrogens (primary N) is 1. The van der Waals surface area contributed by atoms with Crippen LogP contribution in [0.25, 0.3) is 0 Å². The van der Waals surface area contributed by atoms with Gasteiger partial charge < -0.3 is 10.5 Å². The molecule has 120 valence electrons. The highest BCUT2D eigenvalue weighted by atomic mass is 32.2. The van der Waals surface area contributed by atoms with Gasteiger partial charge in [-0.2, -0.15) is 4.31 Å². The van der Waals surface area contributed by atoms with Gasteiger partial charge in [0.2, 0.25) is 10.0 Å². The third-order valence-electron chi connectivity index (χ3n) is 3.24. The smallest absolute Gasteiger partial charge is 0.247 e. The summed E-state index contributed by atoms with van der Waals surface area (Å²) >= 11 is 0. The normalized spacial score (nSPS) is 12.7. The van der Waals surface area contributed by atoms with Crippen LogP contribution >= 0.6 is 0 Å². The Morgan fingerprint density at radius 3 is 2.38 bits per heavy atom. The van der Waals surface area contributed by atoms with Crippen molar-refractivity contribution in [3.05, 3.63) is 18.2 Å². The van der Waals surface area contributed by atoms with E-state index in [1.807, 2.05) is 27.7 Å². The van der Waals surface area contributed by atoms with Crippen LogP contribution in [-0.4, -0.2) is 31.9 Å². The van der Waals surface area contributed by atoms with Crippen molar-refractivity contribution in [2.45, 2.75) is 51.0 Å². The molecule has 0 heterocycles. The molecule has 1 rings (SSSR count). The summed E-state index contributed by atoms with van der Waals surface area (Å²) in [5.74, 6) is 0.211. The first-order valence-electron chi connectivity index (χ1n) is 7.11. The SMILES string of the molecule is CCCCN(C(C)(C)C)S(=O)(=O)c1cccc(N)c1OC. The molecular formula is C15H26N2O3S. The molecule has 0 unspecified atom stereocenters. The number of hydrogen-bond acceptors (Lipinski definition) is 4. The number of rotatable bonds is 6. The second-order valence-corrected chi connectivity index (χ2v) is 7.81. The summed E-state index contributed by atoms with van der Waals surface area (Å²) in [7, 11) is -2.24. The lowest BCUT2D eigenvalue weighted by Crippen LogP contribution is -2.46. The average molecular weight is 314 g/mol. The Hall–Kier alpha value is -1.27. The highest BCUT2D eigenvalue weighted by molar-refractivity contribution is 7.89. The maximum atomic E-state index is 13.0. The first-order chi connectivity index (χ1) is 9.66. The summed E-state index contributed by atoms with van der Waals surface area (Å²) in [6, 6.07) is 4.80. The zero-order valence-corrected chi connectivity index (χ0v) is 14.3. The van der Waals surface area contributed by atoms with Gasteiger partial charge in [0.1, 0.15) is 4.90 Å². The Kier molecular flexibility index (Phi) is 5.64. The van der Waals surface area contributed by atoms with Gasteiger partial charge in [-0.3, -0.25) is 0 Å². The number of nitrogens with zero attached hydrogens (tertiary/aromatic N) is 1. The molecule has 6 heteroatoms. The van der Waals surface area contributed by atoms with Crippen molar-refractivity contribution in [3.63, 3.8) is 0 Å². The molecule has 0 atom stereocenters. The summed E-state index contributed by atoms with van der Waals surface area (Å²) in [4.78, 5) is 0.121. The van der Waals surface area contributed by atoms with Crippen molar-refractivity contribution in [2.75, 3.05) is 19.4 Å². The summed E-state index contributed by atoms with van der Waals surface area (Å²) < 4.78 is 32.7. The van der Waals surface area contributed by atoms with Crippen LogP contribution in [0.2, 0.25) is 0 Å². The molecule has 1 aromatic rings. The van der Waals surface area contributed by atoms with Gasteiger partial charge in [0.15, 0.2) is 5.75 Å². The molecule has 0 aliphatic rings. The lowest BCUT2D eigenvalue weighted by atomic mass is 10.1. The quantitative estimate of drug-likeness (QED) is 0.819. The molecule has 0 aliphatic carbocycles. The van der Waals surface area contributed by atoms with Gasteiger partial charge in [0.05, 0.1) is 12.8 Å². The van der Waals surface area contributed by atoms with Gasteiger partial charge in [0, 0.05) is 12.1 Å². The van der Waals surface area contributed by atoms with Gasteiger partial charge in [0.25, 0.3) is 0 Å². The van der Waals surface area contributed by atoms with Gasteiger partial charge >= 0.3 is 0 Å². The largest absolute Gasteiger partial charge is 0.493 e. The predicted octanol–water partition coefficient (Wildman–Crippen LogP) is 2.87. The zero-order chi connectivity index (χ0) is 16.3. The molecule has 0 aromatic heterocycles. The van der Waals surface area contributed by atoms with Crippen molar-refractivity contribution in [2.24, 2.45) is 0 Å². The van der Waals surface area contributed by atoms with Crippen LogP contribution in [0.1, 0.15) is 40.5 Å². The van der Waals surface area contributed by atoms with E-state index in [0.717, 1.165) is 12.8 Å². The maximum absolute atomic E-state index is 13.0. The molecule has 0 radical (unpaired) electrons. The van der Waals surface area contributed by atoms with Gasteiger partial charge in [-0.15, -0.1) is 0 Å². The molecule has 21 heavy (non-hydrogen) atoms. The van der Waals surface area contributed by atoms with Crippen LogP contribution in [0, 0.1) is 0 Å². The standard InChI is InChI=1S/C15H26N2O3S/c1-6-7-11-17(15(2,3)4)21(18,19)13-10-8-9-12(16)14(13)20-5/h8-10H,6-7,11,16H2,1-5H3. The van der Waals surface area contributed by atoms with Crippen molar-refractivity contribution < 1.29 is 13.2 Å². The first kappa shape index (κ1) is 17.8. The number of benzene rings is 1. The summed E-state index contributed by atoms with van der Waals surface area (Å²) in [5, 5.41) is 0. The number of para-hydroxylation sites is 1. The number of sulfonamides is 1. The number of unbranched alkanes of at least 4 members (excludes halogenated alkanes) is 1. The Morgan fingerprint density at radius 1 is 1.29 bits per heavy atom.